The molecule has 1 rings (SSSR count). The summed E-state index contributed by atoms with van der Waals surface area (Å²) in [6, 6.07) is 1.93. The van der Waals surface area contributed by atoms with E-state index in [1.54, 1.807) is 0 Å². The van der Waals surface area contributed by atoms with Crippen LogP contribution in [-0.2, 0) is 4.79 Å². The quantitative estimate of drug-likeness (QED) is 0.455. The monoisotopic (exact) mass is 187 g/mol. The molecule has 0 amide bonds. The molecule has 0 bridgehead atoms. The van der Waals surface area contributed by atoms with Crippen molar-refractivity contribution in [3.05, 3.63) is 11.3 Å². The Morgan fingerprint density at radius 1 is 1.46 bits per heavy atom. The van der Waals surface area contributed by atoms with Crippen LogP contribution in [-0.4, -0.2) is 5.78 Å². The number of hydrogen-bond acceptors (Lipinski definition) is 3. The molecule has 0 aromatic carbocycles. The van der Waals surface area contributed by atoms with Gasteiger partial charge in [0.1, 0.15) is 0 Å². The van der Waals surface area contributed by atoms with E-state index in [0.717, 1.165) is 0 Å². The Morgan fingerprint density at radius 3 is 2.69 bits per heavy atom. The molecule has 0 aromatic rings. The van der Waals surface area contributed by atoms with E-state index >= 15 is 0 Å². The van der Waals surface area contributed by atoms with Gasteiger partial charge in [-0.2, -0.15) is 5.26 Å². The van der Waals surface area contributed by atoms with Crippen molar-refractivity contribution in [2.45, 2.75) is 32.1 Å². The molecule has 0 N–H and O–H groups in total. The molecule has 0 fully saturated rings. The molecule has 1 aliphatic carbocycles. The summed E-state index contributed by atoms with van der Waals surface area (Å²) in [5.74, 6) is -0.108. The van der Waals surface area contributed by atoms with Gasteiger partial charge < -0.3 is 5.11 Å². The van der Waals surface area contributed by atoms with Crippen LogP contribution >= 0.6 is 0 Å². The van der Waals surface area contributed by atoms with E-state index in [9.17, 15) is 9.90 Å². The molecule has 0 aromatic heterocycles. The van der Waals surface area contributed by atoms with Crippen LogP contribution in [0.2, 0.25) is 0 Å². The minimum Gasteiger partial charge on any atom is -0.875 e. The Bertz CT molecular complexity index is 265. The second-order valence-corrected chi connectivity index (χ2v) is 2.84. The van der Waals surface area contributed by atoms with Crippen molar-refractivity contribution in [3.63, 3.8) is 0 Å². The molecular formula is C9H10NNaO2. The van der Waals surface area contributed by atoms with Gasteiger partial charge in [-0.05, 0) is 24.8 Å². The number of nitrogens with zero attached hydrogens (tertiary/aromatic N) is 1. The molecular weight excluding hydrogens is 177 g/mol. The van der Waals surface area contributed by atoms with Gasteiger partial charge in [0, 0.05) is 12.8 Å². The molecule has 0 radical (unpaired) electrons. The molecule has 0 heterocycles. The van der Waals surface area contributed by atoms with Crippen LogP contribution in [0.1, 0.15) is 32.1 Å². The maximum atomic E-state index is 11.1. The molecule has 64 valence electrons. The summed E-state index contributed by atoms with van der Waals surface area (Å²) < 4.78 is 0. The number of rotatable bonds is 2. The zero-order valence-corrected chi connectivity index (χ0v) is 9.80. The van der Waals surface area contributed by atoms with Crippen LogP contribution in [0.15, 0.2) is 11.3 Å². The summed E-state index contributed by atoms with van der Waals surface area (Å²) in [7, 11) is 0. The van der Waals surface area contributed by atoms with Gasteiger partial charge in [0.25, 0.3) is 0 Å². The first-order chi connectivity index (χ1) is 5.75. The second-order valence-electron chi connectivity index (χ2n) is 2.84. The molecule has 0 saturated carbocycles. The number of carbonyl (C=O) groups excluding carboxylic acids is 1. The first kappa shape index (κ1) is 12.7. The zero-order valence-electron chi connectivity index (χ0n) is 7.80. The molecule has 0 atom stereocenters. The smallest absolute Gasteiger partial charge is 0.875 e. The number of allylic oxidation sites excluding steroid dienone is 2. The maximum Gasteiger partial charge on any atom is 1.00 e. The summed E-state index contributed by atoms with van der Waals surface area (Å²) in [5, 5.41) is 19.4. The van der Waals surface area contributed by atoms with Gasteiger partial charge in [0.2, 0.25) is 0 Å². The van der Waals surface area contributed by atoms with E-state index in [-0.39, 0.29) is 47.5 Å². The first-order valence-corrected chi connectivity index (χ1v) is 4.05. The Morgan fingerprint density at radius 2 is 2.15 bits per heavy atom. The predicted octanol–water partition coefficient (Wildman–Crippen LogP) is -2.34. The largest absolute Gasteiger partial charge is 1.00 e. The van der Waals surface area contributed by atoms with Gasteiger partial charge in [-0.25, -0.2) is 0 Å². The fourth-order valence-corrected chi connectivity index (χ4v) is 1.33. The fraction of sp³-hybridized carbons (Fsp3) is 0.556. The number of carbonyl (C=O) groups is 1. The van der Waals surface area contributed by atoms with Crippen LogP contribution in [0.5, 0.6) is 0 Å². The topological polar surface area (TPSA) is 63.9 Å². The number of nitriles is 1. The molecule has 13 heavy (non-hydrogen) atoms. The molecule has 0 spiro atoms. The van der Waals surface area contributed by atoms with Gasteiger partial charge in [-0.1, -0.05) is 0 Å². The van der Waals surface area contributed by atoms with E-state index in [2.05, 4.69) is 0 Å². The van der Waals surface area contributed by atoms with Crippen molar-refractivity contribution in [3.8, 4) is 6.07 Å². The number of Topliss-reactive ketones (excluding diaryl/α,β-unsaturated/α-hetero) is 1. The Hall–Kier alpha value is -0.300. The molecule has 1 aliphatic rings. The summed E-state index contributed by atoms with van der Waals surface area (Å²) in [4.78, 5) is 11.1. The summed E-state index contributed by atoms with van der Waals surface area (Å²) in [5.41, 5.74) is 0.364. The normalized spacial score (nSPS) is 16.4. The molecule has 3 nitrogen and oxygen atoms in total. The van der Waals surface area contributed by atoms with Crippen LogP contribution in [0.3, 0.4) is 0 Å². The van der Waals surface area contributed by atoms with Gasteiger partial charge >= 0.3 is 29.6 Å². The third-order valence-corrected chi connectivity index (χ3v) is 1.97. The first-order valence-electron chi connectivity index (χ1n) is 4.05. The van der Waals surface area contributed by atoms with Crippen molar-refractivity contribution < 1.29 is 39.5 Å². The Labute approximate surface area is 99.7 Å². The third kappa shape index (κ3) is 3.51. The minimum atomic E-state index is -0.0542. The standard InChI is InChI=1S/C9H11NO2.Na/c10-6-2-3-7-8(11)4-1-5-9(7)12;/h11H,1-5H2;/q;+1/p-1. The number of hydrogen-bond donors (Lipinski definition) is 0. The summed E-state index contributed by atoms with van der Waals surface area (Å²) >= 11 is 0. The van der Waals surface area contributed by atoms with Crippen LogP contribution in [0.4, 0.5) is 0 Å². The van der Waals surface area contributed by atoms with Crippen molar-refractivity contribution in [1.82, 2.24) is 0 Å². The number of ketones is 1. The van der Waals surface area contributed by atoms with E-state index < -0.39 is 0 Å². The van der Waals surface area contributed by atoms with Gasteiger partial charge in [-0.15, -0.1) is 5.76 Å². The minimum absolute atomic E-state index is 0. The van der Waals surface area contributed by atoms with Crippen molar-refractivity contribution in [1.29, 1.82) is 5.26 Å². The molecule has 0 saturated heterocycles. The van der Waals surface area contributed by atoms with Crippen LogP contribution in [0.25, 0.3) is 0 Å². The summed E-state index contributed by atoms with van der Waals surface area (Å²) in [6.07, 6.45) is 2.24. The van der Waals surface area contributed by atoms with Crippen LogP contribution < -0.4 is 34.7 Å². The molecule has 4 heteroatoms. The average molecular weight is 187 g/mol. The van der Waals surface area contributed by atoms with E-state index in [1.807, 2.05) is 6.07 Å². The van der Waals surface area contributed by atoms with Crippen molar-refractivity contribution in [2.75, 3.05) is 0 Å². The molecule has 0 unspecified atom stereocenters. The van der Waals surface area contributed by atoms with E-state index in [1.165, 1.54) is 0 Å². The van der Waals surface area contributed by atoms with Gasteiger partial charge in [-0.3, -0.25) is 4.79 Å². The van der Waals surface area contributed by atoms with Crippen LogP contribution in [0, 0.1) is 11.3 Å². The predicted molar refractivity (Wildman–Crippen MR) is 40.7 cm³/mol. The van der Waals surface area contributed by atoms with E-state index in [4.69, 9.17) is 5.26 Å². The van der Waals surface area contributed by atoms with Gasteiger partial charge in [0.05, 0.1) is 6.07 Å². The average Bonchev–Trinajstić information content (AvgIpc) is 2.04. The fourth-order valence-electron chi connectivity index (χ4n) is 1.33. The third-order valence-electron chi connectivity index (χ3n) is 1.97. The molecule has 0 aliphatic heterocycles. The Kier molecular flexibility index (Phi) is 6.06. The van der Waals surface area contributed by atoms with E-state index in [0.29, 0.717) is 31.3 Å². The second kappa shape index (κ2) is 6.20. The maximum absolute atomic E-state index is 11.1. The van der Waals surface area contributed by atoms with Crippen molar-refractivity contribution >= 4 is 5.78 Å². The zero-order chi connectivity index (χ0) is 8.97. The summed E-state index contributed by atoms with van der Waals surface area (Å²) in [6.45, 7) is 0. The SMILES string of the molecule is N#CCCC1=C([O-])CCCC1=O.[Na+]. The van der Waals surface area contributed by atoms with Crippen molar-refractivity contribution in [2.24, 2.45) is 0 Å². The van der Waals surface area contributed by atoms with Gasteiger partial charge in [0.15, 0.2) is 5.78 Å². The Balaban J connectivity index is 0.00000144.